The zero-order valence-corrected chi connectivity index (χ0v) is 17.1. The summed E-state index contributed by atoms with van der Waals surface area (Å²) in [4.78, 5) is 40.8. The average molecular weight is 429 g/mol. The fraction of sp³-hybridized carbons (Fsp3) is 0.0833. The third-order valence-corrected chi connectivity index (χ3v) is 5.09. The summed E-state index contributed by atoms with van der Waals surface area (Å²) in [5.41, 5.74) is 1.49. The minimum atomic E-state index is -0.525. The van der Waals surface area contributed by atoms with Crippen LogP contribution >= 0.6 is 0 Å². The van der Waals surface area contributed by atoms with Crippen molar-refractivity contribution < 1.29 is 14.5 Å². The average Bonchev–Trinajstić information content (AvgIpc) is 2.82. The van der Waals surface area contributed by atoms with Gasteiger partial charge in [-0.25, -0.2) is 0 Å². The zero-order chi connectivity index (χ0) is 22.7. The Hall–Kier alpha value is -4.46. The molecule has 0 aliphatic heterocycles. The van der Waals surface area contributed by atoms with E-state index >= 15 is 0 Å². The van der Waals surface area contributed by atoms with Crippen molar-refractivity contribution in [2.45, 2.75) is 6.54 Å². The van der Waals surface area contributed by atoms with Crippen LogP contribution in [-0.4, -0.2) is 22.9 Å². The second-order valence-electron chi connectivity index (χ2n) is 7.11. The van der Waals surface area contributed by atoms with Crippen molar-refractivity contribution in [3.05, 3.63) is 110 Å². The molecule has 0 aliphatic rings. The lowest BCUT2D eigenvalue weighted by Gasteiger charge is -2.23. The second-order valence-corrected chi connectivity index (χ2v) is 7.11. The number of nitrogens with zero attached hydrogens (tertiary/aromatic N) is 2. The van der Waals surface area contributed by atoms with Crippen molar-refractivity contribution in [2.75, 3.05) is 12.0 Å². The Morgan fingerprint density at radius 1 is 1.03 bits per heavy atom. The fourth-order valence-corrected chi connectivity index (χ4v) is 3.42. The van der Waals surface area contributed by atoms with Crippen LogP contribution < -0.4 is 15.2 Å². The van der Waals surface area contributed by atoms with E-state index in [0.717, 1.165) is 5.39 Å². The van der Waals surface area contributed by atoms with E-state index < -0.39 is 10.8 Å². The molecule has 1 aromatic heterocycles. The zero-order valence-electron chi connectivity index (χ0n) is 17.1. The van der Waals surface area contributed by atoms with E-state index in [0.29, 0.717) is 22.5 Å². The Bertz CT molecular complexity index is 1360. The first kappa shape index (κ1) is 20.8. The van der Waals surface area contributed by atoms with Crippen molar-refractivity contribution in [1.29, 1.82) is 0 Å². The topological polar surface area (TPSA) is 106 Å². The van der Waals surface area contributed by atoms with Gasteiger partial charge in [-0.2, -0.15) is 0 Å². The van der Waals surface area contributed by atoms with E-state index in [1.807, 2.05) is 24.3 Å². The number of amides is 1. The second kappa shape index (κ2) is 8.73. The number of ether oxygens (including phenoxy) is 1. The van der Waals surface area contributed by atoms with Crippen molar-refractivity contribution in [3.63, 3.8) is 0 Å². The number of carbonyl (C=O) groups is 1. The third kappa shape index (κ3) is 4.20. The molecule has 1 amide bonds. The Morgan fingerprint density at radius 3 is 2.50 bits per heavy atom. The molecule has 0 spiro atoms. The van der Waals surface area contributed by atoms with E-state index in [4.69, 9.17) is 4.74 Å². The minimum absolute atomic E-state index is 0.00313. The number of pyridine rings is 1. The van der Waals surface area contributed by atoms with E-state index in [-0.39, 0.29) is 23.4 Å². The summed E-state index contributed by atoms with van der Waals surface area (Å²) in [6.45, 7) is 0.00313. The maximum Gasteiger partial charge on any atom is 0.269 e. The Kier molecular flexibility index (Phi) is 5.67. The van der Waals surface area contributed by atoms with Gasteiger partial charge in [-0.1, -0.05) is 24.3 Å². The summed E-state index contributed by atoms with van der Waals surface area (Å²) in [6, 6.07) is 21.4. The molecular formula is C24H19N3O5. The summed E-state index contributed by atoms with van der Waals surface area (Å²) in [6.07, 6.45) is 0. The summed E-state index contributed by atoms with van der Waals surface area (Å²) in [5.74, 6) is 0.150. The van der Waals surface area contributed by atoms with Gasteiger partial charge in [0.1, 0.15) is 5.75 Å². The summed E-state index contributed by atoms with van der Waals surface area (Å²) in [5, 5.41) is 11.8. The van der Waals surface area contributed by atoms with Crippen molar-refractivity contribution in [1.82, 2.24) is 4.98 Å². The van der Waals surface area contributed by atoms with Crippen LogP contribution in [0.3, 0.4) is 0 Å². The molecule has 8 heteroatoms. The largest absolute Gasteiger partial charge is 0.497 e. The smallest absolute Gasteiger partial charge is 0.269 e. The van der Waals surface area contributed by atoms with Crippen LogP contribution in [-0.2, 0) is 6.54 Å². The molecule has 0 atom stereocenters. The van der Waals surface area contributed by atoms with Gasteiger partial charge in [-0.3, -0.25) is 19.7 Å². The first-order valence-electron chi connectivity index (χ1n) is 9.77. The monoisotopic (exact) mass is 429 g/mol. The van der Waals surface area contributed by atoms with Crippen LogP contribution in [0.5, 0.6) is 5.75 Å². The molecule has 0 saturated carbocycles. The molecule has 0 saturated heterocycles. The molecule has 0 radical (unpaired) electrons. The first-order chi connectivity index (χ1) is 15.5. The lowest BCUT2D eigenvalue weighted by molar-refractivity contribution is -0.384. The summed E-state index contributed by atoms with van der Waals surface area (Å²) >= 11 is 0. The molecule has 4 aromatic rings. The van der Waals surface area contributed by atoms with Crippen LogP contribution in [0.25, 0.3) is 10.9 Å². The minimum Gasteiger partial charge on any atom is -0.497 e. The van der Waals surface area contributed by atoms with E-state index in [9.17, 15) is 19.7 Å². The van der Waals surface area contributed by atoms with Gasteiger partial charge in [-0.05, 0) is 41.8 Å². The molecule has 1 heterocycles. The maximum atomic E-state index is 13.4. The van der Waals surface area contributed by atoms with Gasteiger partial charge in [0.15, 0.2) is 0 Å². The van der Waals surface area contributed by atoms with Gasteiger partial charge in [0.25, 0.3) is 17.2 Å². The SMILES string of the molecule is COc1cccc(N(Cc2cc3ccccc3[nH]c2=O)C(=O)c2ccc([N+](=O)[O-])cc2)c1. The molecule has 3 aromatic carbocycles. The number of fused-ring (bicyclic) bond motifs is 1. The van der Waals surface area contributed by atoms with Gasteiger partial charge in [0.05, 0.1) is 18.6 Å². The number of aromatic nitrogens is 1. The predicted molar refractivity (Wildman–Crippen MR) is 121 cm³/mol. The normalized spacial score (nSPS) is 10.7. The van der Waals surface area contributed by atoms with Crippen LogP contribution in [0.2, 0.25) is 0 Å². The van der Waals surface area contributed by atoms with Crippen LogP contribution in [0.1, 0.15) is 15.9 Å². The highest BCUT2D eigenvalue weighted by atomic mass is 16.6. The van der Waals surface area contributed by atoms with Crippen molar-refractivity contribution in [3.8, 4) is 5.75 Å². The number of aromatic amines is 1. The highest BCUT2D eigenvalue weighted by Gasteiger charge is 2.21. The number of nitrogens with one attached hydrogen (secondary N) is 1. The van der Waals surface area contributed by atoms with E-state index in [1.54, 1.807) is 30.3 Å². The summed E-state index contributed by atoms with van der Waals surface area (Å²) < 4.78 is 5.28. The number of non-ortho nitro benzene ring substituents is 1. The van der Waals surface area contributed by atoms with E-state index in [1.165, 1.54) is 36.3 Å². The molecule has 0 bridgehead atoms. The van der Waals surface area contributed by atoms with Crippen molar-refractivity contribution >= 4 is 28.2 Å². The molecule has 0 fully saturated rings. The molecule has 0 unspecified atom stereocenters. The summed E-state index contributed by atoms with van der Waals surface area (Å²) in [7, 11) is 1.52. The molecule has 160 valence electrons. The Balaban J connectivity index is 1.77. The molecule has 32 heavy (non-hydrogen) atoms. The number of anilines is 1. The predicted octanol–water partition coefficient (Wildman–Crippen LogP) is 4.29. The van der Waals surface area contributed by atoms with Gasteiger partial charge in [0.2, 0.25) is 0 Å². The molecule has 8 nitrogen and oxygen atoms in total. The van der Waals surface area contributed by atoms with Crippen molar-refractivity contribution in [2.24, 2.45) is 0 Å². The standard InChI is InChI=1S/C24H19N3O5/c1-32-21-7-4-6-20(14-21)26(24(29)16-9-11-19(12-10-16)27(30)31)15-18-13-17-5-2-3-8-22(17)25-23(18)28/h2-14H,15H2,1H3,(H,25,28). The highest BCUT2D eigenvalue weighted by Crippen LogP contribution is 2.25. The number of nitro benzene ring substituents is 1. The fourth-order valence-electron chi connectivity index (χ4n) is 3.42. The van der Waals surface area contributed by atoms with Crippen LogP contribution in [0, 0.1) is 10.1 Å². The number of H-pyrrole nitrogens is 1. The Labute approximate surface area is 182 Å². The number of methoxy groups -OCH3 is 1. The number of nitro groups is 1. The van der Waals surface area contributed by atoms with Gasteiger partial charge >= 0.3 is 0 Å². The number of para-hydroxylation sites is 1. The molecule has 4 rings (SSSR count). The van der Waals surface area contributed by atoms with Gasteiger partial charge < -0.3 is 14.6 Å². The number of benzene rings is 3. The highest BCUT2D eigenvalue weighted by molar-refractivity contribution is 6.06. The number of hydrogen-bond donors (Lipinski definition) is 1. The molecule has 0 aliphatic carbocycles. The quantitative estimate of drug-likeness (QED) is 0.364. The lowest BCUT2D eigenvalue weighted by atomic mass is 10.1. The third-order valence-electron chi connectivity index (χ3n) is 5.09. The lowest BCUT2D eigenvalue weighted by Crippen LogP contribution is -2.32. The number of carbonyl (C=O) groups excluding carboxylic acids is 1. The van der Waals surface area contributed by atoms with Crippen LogP contribution in [0.4, 0.5) is 11.4 Å². The molecule has 1 N–H and O–H groups in total. The number of rotatable bonds is 6. The first-order valence-corrected chi connectivity index (χ1v) is 9.77. The van der Waals surface area contributed by atoms with Gasteiger partial charge in [0, 0.05) is 40.5 Å². The Morgan fingerprint density at radius 2 is 1.78 bits per heavy atom. The number of hydrogen-bond acceptors (Lipinski definition) is 5. The van der Waals surface area contributed by atoms with E-state index in [2.05, 4.69) is 4.98 Å². The molecular weight excluding hydrogens is 410 g/mol. The van der Waals surface area contributed by atoms with Gasteiger partial charge in [-0.15, -0.1) is 0 Å². The maximum absolute atomic E-state index is 13.4. The van der Waals surface area contributed by atoms with Crippen LogP contribution in [0.15, 0.2) is 83.7 Å².